The lowest BCUT2D eigenvalue weighted by Crippen LogP contribution is -2.35. The Morgan fingerprint density at radius 3 is 3.00 bits per heavy atom. The molecule has 1 aromatic rings. The van der Waals surface area contributed by atoms with E-state index in [1.807, 2.05) is 0 Å². The summed E-state index contributed by atoms with van der Waals surface area (Å²) >= 11 is 3.30. The Bertz CT molecular complexity index is 403. The minimum absolute atomic E-state index is 0.107. The van der Waals surface area contributed by atoms with Gasteiger partial charge in [0.15, 0.2) is 0 Å². The van der Waals surface area contributed by atoms with Gasteiger partial charge in [0.05, 0.1) is 18.2 Å². The third-order valence-electron chi connectivity index (χ3n) is 2.52. The third-order valence-corrected chi connectivity index (χ3v) is 3.02. The molecule has 2 rings (SSSR count). The van der Waals surface area contributed by atoms with Crippen molar-refractivity contribution in [3.05, 3.63) is 28.2 Å². The van der Waals surface area contributed by atoms with Crippen LogP contribution in [-0.2, 0) is 4.74 Å². The zero-order chi connectivity index (χ0) is 11.5. The standard InChI is InChI=1S/C11H13BrN2O2/c12-7-1-2-9(10(13)5-7)11(15)14-8-3-4-16-6-8/h1-2,5,8H,3-4,6,13H2,(H,14,15)/t8-/m0/s1. The predicted octanol–water partition coefficient (Wildman–Crippen LogP) is 1.55. The molecular weight excluding hydrogens is 272 g/mol. The summed E-state index contributed by atoms with van der Waals surface area (Å²) in [6, 6.07) is 5.34. The average molecular weight is 285 g/mol. The Labute approximate surface area is 102 Å². The van der Waals surface area contributed by atoms with Gasteiger partial charge < -0.3 is 15.8 Å². The Kier molecular flexibility index (Phi) is 3.46. The second-order valence-corrected chi connectivity index (χ2v) is 4.68. The van der Waals surface area contributed by atoms with E-state index in [1.165, 1.54) is 0 Å². The molecule has 1 aliphatic rings. The molecule has 1 fully saturated rings. The quantitative estimate of drug-likeness (QED) is 0.810. The number of halogens is 1. The SMILES string of the molecule is Nc1cc(Br)ccc1C(=O)N[C@H]1CCOC1. The zero-order valence-corrected chi connectivity index (χ0v) is 10.3. The molecule has 1 aromatic carbocycles. The van der Waals surface area contributed by atoms with Crippen LogP contribution in [0.4, 0.5) is 5.69 Å². The van der Waals surface area contributed by atoms with Crippen molar-refractivity contribution in [3.8, 4) is 0 Å². The number of hydrogen-bond donors (Lipinski definition) is 2. The van der Waals surface area contributed by atoms with E-state index in [0.717, 1.165) is 10.9 Å². The maximum Gasteiger partial charge on any atom is 0.253 e. The van der Waals surface area contributed by atoms with Crippen LogP contribution in [0.2, 0.25) is 0 Å². The van der Waals surface area contributed by atoms with E-state index < -0.39 is 0 Å². The van der Waals surface area contributed by atoms with Crippen LogP contribution in [0.25, 0.3) is 0 Å². The molecule has 0 bridgehead atoms. The highest BCUT2D eigenvalue weighted by Gasteiger charge is 2.19. The molecule has 16 heavy (non-hydrogen) atoms. The van der Waals surface area contributed by atoms with Crippen LogP contribution in [0.5, 0.6) is 0 Å². The number of nitrogen functional groups attached to an aromatic ring is 1. The van der Waals surface area contributed by atoms with Crippen LogP contribution >= 0.6 is 15.9 Å². The first kappa shape index (κ1) is 11.4. The minimum Gasteiger partial charge on any atom is -0.398 e. The zero-order valence-electron chi connectivity index (χ0n) is 8.70. The highest BCUT2D eigenvalue weighted by Crippen LogP contribution is 2.18. The van der Waals surface area contributed by atoms with Gasteiger partial charge in [0.25, 0.3) is 5.91 Å². The van der Waals surface area contributed by atoms with E-state index in [-0.39, 0.29) is 11.9 Å². The van der Waals surface area contributed by atoms with Gasteiger partial charge in [0, 0.05) is 16.8 Å². The van der Waals surface area contributed by atoms with Crippen molar-refractivity contribution >= 4 is 27.5 Å². The molecule has 3 N–H and O–H groups in total. The molecule has 5 heteroatoms. The fourth-order valence-corrected chi connectivity index (χ4v) is 2.03. The van der Waals surface area contributed by atoms with Gasteiger partial charge in [0.2, 0.25) is 0 Å². The van der Waals surface area contributed by atoms with Gasteiger partial charge in [-0.05, 0) is 24.6 Å². The second kappa shape index (κ2) is 4.84. The minimum atomic E-state index is -0.138. The van der Waals surface area contributed by atoms with E-state index in [0.29, 0.717) is 24.5 Å². The van der Waals surface area contributed by atoms with Crippen molar-refractivity contribution in [2.24, 2.45) is 0 Å². The highest BCUT2D eigenvalue weighted by atomic mass is 79.9. The second-order valence-electron chi connectivity index (χ2n) is 3.77. The number of amides is 1. The van der Waals surface area contributed by atoms with E-state index in [1.54, 1.807) is 18.2 Å². The third kappa shape index (κ3) is 2.54. The number of ether oxygens (including phenoxy) is 1. The largest absolute Gasteiger partial charge is 0.398 e. The van der Waals surface area contributed by atoms with Crippen LogP contribution in [-0.4, -0.2) is 25.2 Å². The molecule has 1 amide bonds. The summed E-state index contributed by atoms with van der Waals surface area (Å²) in [4.78, 5) is 11.9. The smallest absolute Gasteiger partial charge is 0.253 e. The number of carbonyl (C=O) groups is 1. The number of nitrogens with two attached hydrogens (primary N) is 1. The summed E-state index contributed by atoms with van der Waals surface area (Å²) in [6.07, 6.45) is 0.863. The average Bonchev–Trinajstić information content (AvgIpc) is 2.70. The Balaban J connectivity index is 2.08. The highest BCUT2D eigenvalue weighted by molar-refractivity contribution is 9.10. The maximum atomic E-state index is 11.9. The van der Waals surface area contributed by atoms with Crippen molar-refractivity contribution in [1.82, 2.24) is 5.32 Å². The van der Waals surface area contributed by atoms with E-state index in [9.17, 15) is 4.79 Å². The van der Waals surface area contributed by atoms with Crippen molar-refractivity contribution < 1.29 is 9.53 Å². The molecule has 0 saturated carbocycles. The molecule has 86 valence electrons. The summed E-state index contributed by atoms with van der Waals surface area (Å²) in [5.41, 5.74) is 6.76. The molecular formula is C11H13BrN2O2. The van der Waals surface area contributed by atoms with Crippen LogP contribution in [0.1, 0.15) is 16.8 Å². The first-order valence-corrected chi connectivity index (χ1v) is 5.90. The summed E-state index contributed by atoms with van der Waals surface area (Å²) in [6.45, 7) is 1.29. The number of carbonyl (C=O) groups excluding carboxylic acids is 1. The van der Waals surface area contributed by atoms with Gasteiger partial charge in [-0.2, -0.15) is 0 Å². The van der Waals surface area contributed by atoms with Crippen molar-refractivity contribution in [2.75, 3.05) is 18.9 Å². The number of nitrogens with one attached hydrogen (secondary N) is 1. The van der Waals surface area contributed by atoms with Gasteiger partial charge in [0.1, 0.15) is 0 Å². The first-order valence-electron chi connectivity index (χ1n) is 5.10. The maximum absolute atomic E-state index is 11.9. The van der Waals surface area contributed by atoms with Gasteiger partial charge >= 0.3 is 0 Å². The molecule has 1 aliphatic heterocycles. The number of rotatable bonds is 2. The summed E-state index contributed by atoms with van der Waals surface area (Å²) < 4.78 is 6.06. The van der Waals surface area contributed by atoms with Crippen molar-refractivity contribution in [3.63, 3.8) is 0 Å². The lowest BCUT2D eigenvalue weighted by Gasteiger charge is -2.12. The van der Waals surface area contributed by atoms with Gasteiger partial charge in [-0.3, -0.25) is 4.79 Å². The number of anilines is 1. The molecule has 1 saturated heterocycles. The molecule has 0 spiro atoms. The topological polar surface area (TPSA) is 64.4 Å². The molecule has 0 aliphatic carbocycles. The Hall–Kier alpha value is -1.07. The fourth-order valence-electron chi connectivity index (χ4n) is 1.65. The molecule has 4 nitrogen and oxygen atoms in total. The molecule has 1 heterocycles. The van der Waals surface area contributed by atoms with Gasteiger partial charge in [-0.25, -0.2) is 0 Å². The Morgan fingerprint density at radius 1 is 1.56 bits per heavy atom. The fraction of sp³-hybridized carbons (Fsp3) is 0.364. The van der Waals surface area contributed by atoms with E-state index in [2.05, 4.69) is 21.2 Å². The van der Waals surface area contributed by atoms with Crippen LogP contribution in [0.15, 0.2) is 22.7 Å². The normalized spacial score (nSPS) is 19.7. The van der Waals surface area contributed by atoms with Crippen molar-refractivity contribution in [1.29, 1.82) is 0 Å². The number of benzene rings is 1. The molecule has 0 radical (unpaired) electrons. The lowest BCUT2D eigenvalue weighted by molar-refractivity contribution is 0.0931. The predicted molar refractivity (Wildman–Crippen MR) is 65.2 cm³/mol. The molecule has 0 aromatic heterocycles. The molecule has 1 atom stereocenters. The van der Waals surface area contributed by atoms with Gasteiger partial charge in [-0.15, -0.1) is 0 Å². The number of hydrogen-bond acceptors (Lipinski definition) is 3. The monoisotopic (exact) mass is 284 g/mol. The summed E-state index contributed by atoms with van der Waals surface area (Å²) in [5, 5.41) is 2.90. The van der Waals surface area contributed by atoms with Crippen LogP contribution < -0.4 is 11.1 Å². The van der Waals surface area contributed by atoms with E-state index in [4.69, 9.17) is 10.5 Å². The molecule has 0 unspecified atom stereocenters. The Morgan fingerprint density at radius 2 is 2.38 bits per heavy atom. The van der Waals surface area contributed by atoms with Gasteiger partial charge in [-0.1, -0.05) is 15.9 Å². The van der Waals surface area contributed by atoms with Crippen LogP contribution in [0.3, 0.4) is 0 Å². The lowest BCUT2D eigenvalue weighted by atomic mass is 10.1. The van der Waals surface area contributed by atoms with Crippen LogP contribution in [0, 0.1) is 0 Å². The first-order chi connectivity index (χ1) is 7.66. The summed E-state index contributed by atoms with van der Waals surface area (Å²) in [5.74, 6) is -0.138. The van der Waals surface area contributed by atoms with E-state index >= 15 is 0 Å². The summed E-state index contributed by atoms with van der Waals surface area (Å²) in [7, 11) is 0. The van der Waals surface area contributed by atoms with Crippen molar-refractivity contribution in [2.45, 2.75) is 12.5 Å².